The average molecular weight is 376 g/mol. The lowest BCUT2D eigenvalue weighted by Gasteiger charge is -2.14. The monoisotopic (exact) mass is 376 g/mol. The van der Waals surface area contributed by atoms with E-state index in [9.17, 15) is 0 Å². The highest BCUT2D eigenvalue weighted by atomic mass is 32.2. The van der Waals surface area contributed by atoms with E-state index in [1.54, 1.807) is 16.4 Å². The molecule has 2 heterocycles. The first-order valence-corrected chi connectivity index (χ1v) is 9.63. The Hall–Kier alpha value is -2.93. The first-order valence-electron chi connectivity index (χ1n) is 8.75. The zero-order valence-corrected chi connectivity index (χ0v) is 16.3. The minimum Gasteiger partial charge on any atom is -0.295 e. The van der Waals surface area contributed by atoms with Gasteiger partial charge in [0.2, 0.25) is 0 Å². The predicted molar refractivity (Wildman–Crippen MR) is 106 cm³/mol. The van der Waals surface area contributed by atoms with Gasteiger partial charge in [-0.3, -0.25) is 4.57 Å². The maximum Gasteiger partial charge on any atom is 0.173 e. The van der Waals surface area contributed by atoms with E-state index in [1.165, 1.54) is 11.1 Å². The van der Waals surface area contributed by atoms with Gasteiger partial charge in [-0.15, -0.1) is 5.10 Å². The van der Waals surface area contributed by atoms with E-state index >= 15 is 0 Å². The Kier molecular flexibility index (Phi) is 4.77. The lowest BCUT2D eigenvalue weighted by atomic mass is 10.1. The molecule has 0 N–H and O–H groups in total. The summed E-state index contributed by atoms with van der Waals surface area (Å²) in [5.41, 5.74) is 4.55. The number of nitrogens with zero attached hydrogens (tertiary/aromatic N) is 6. The highest BCUT2D eigenvalue weighted by Crippen LogP contribution is 2.34. The molecule has 0 aliphatic rings. The molecular weight excluding hydrogens is 356 g/mol. The maximum atomic E-state index is 4.56. The van der Waals surface area contributed by atoms with Gasteiger partial charge in [0.15, 0.2) is 11.0 Å². The van der Waals surface area contributed by atoms with Crippen molar-refractivity contribution in [3.8, 4) is 11.4 Å². The summed E-state index contributed by atoms with van der Waals surface area (Å²) in [6, 6.07) is 16.4. The predicted octanol–water partition coefficient (Wildman–Crippen LogP) is 4.32. The second-order valence-corrected chi connectivity index (χ2v) is 7.72. The van der Waals surface area contributed by atoms with E-state index in [0.717, 1.165) is 22.4 Å². The topological polar surface area (TPSA) is 61.4 Å². The summed E-state index contributed by atoms with van der Waals surface area (Å²) in [4.78, 5) is 4.56. The van der Waals surface area contributed by atoms with Gasteiger partial charge in [0, 0.05) is 12.4 Å². The molecule has 0 radical (unpaired) electrons. The second kappa shape index (κ2) is 7.36. The Morgan fingerprint density at radius 3 is 2.63 bits per heavy atom. The summed E-state index contributed by atoms with van der Waals surface area (Å²) in [6.07, 6.45) is 3.82. The van der Waals surface area contributed by atoms with E-state index in [-0.39, 0.29) is 5.25 Å². The molecule has 2 aromatic carbocycles. The van der Waals surface area contributed by atoms with Gasteiger partial charge < -0.3 is 0 Å². The fourth-order valence-electron chi connectivity index (χ4n) is 3.05. The molecule has 4 aromatic rings. The summed E-state index contributed by atoms with van der Waals surface area (Å²) in [5.74, 6) is 0.793. The van der Waals surface area contributed by atoms with E-state index in [4.69, 9.17) is 0 Å². The summed E-state index contributed by atoms with van der Waals surface area (Å²) in [5, 5.41) is 13.2. The molecule has 136 valence electrons. The lowest BCUT2D eigenvalue weighted by Crippen LogP contribution is -2.06. The summed E-state index contributed by atoms with van der Waals surface area (Å²) < 4.78 is 3.90. The molecule has 4 rings (SSSR count). The number of hydrogen-bond donors (Lipinski definition) is 0. The van der Waals surface area contributed by atoms with Crippen LogP contribution in [-0.2, 0) is 0 Å². The normalized spacial score (nSPS) is 12.3. The number of hydrogen-bond acceptors (Lipinski definition) is 5. The van der Waals surface area contributed by atoms with Gasteiger partial charge >= 0.3 is 0 Å². The van der Waals surface area contributed by atoms with Crippen molar-refractivity contribution < 1.29 is 0 Å². The van der Waals surface area contributed by atoms with Gasteiger partial charge in [-0.1, -0.05) is 47.7 Å². The highest BCUT2D eigenvalue weighted by Gasteiger charge is 2.20. The van der Waals surface area contributed by atoms with Crippen molar-refractivity contribution in [3.63, 3.8) is 0 Å². The van der Waals surface area contributed by atoms with Crippen molar-refractivity contribution in [3.05, 3.63) is 77.9 Å². The van der Waals surface area contributed by atoms with Gasteiger partial charge in [-0.05, 0) is 55.0 Å². The van der Waals surface area contributed by atoms with Crippen molar-refractivity contribution in [1.29, 1.82) is 0 Å². The summed E-state index contributed by atoms with van der Waals surface area (Å²) >= 11 is 1.64. The van der Waals surface area contributed by atoms with Crippen LogP contribution in [0.4, 0.5) is 0 Å². The van der Waals surface area contributed by atoms with Crippen LogP contribution in [0.3, 0.4) is 0 Å². The standard InChI is InChI=1S/C20H20N6S/c1-14-9-10-18(15(2)13-14)25-12-11-21-20(25)27-16(3)19-22-23-24-26(19)17-7-5-4-6-8-17/h4-13,16H,1-3H3. The maximum absolute atomic E-state index is 4.56. The number of benzene rings is 2. The molecule has 1 unspecified atom stereocenters. The molecule has 0 saturated carbocycles. The Balaban J connectivity index is 1.63. The molecule has 6 nitrogen and oxygen atoms in total. The molecule has 27 heavy (non-hydrogen) atoms. The van der Waals surface area contributed by atoms with Crippen LogP contribution in [0, 0.1) is 13.8 Å². The molecule has 1 atom stereocenters. The number of aryl methyl sites for hydroxylation is 2. The molecule has 7 heteroatoms. The van der Waals surface area contributed by atoms with Gasteiger partial charge in [-0.2, -0.15) is 4.68 Å². The van der Waals surface area contributed by atoms with E-state index < -0.39 is 0 Å². The van der Waals surface area contributed by atoms with Crippen LogP contribution in [0.1, 0.15) is 29.1 Å². The van der Waals surface area contributed by atoms with Crippen molar-refractivity contribution in [2.24, 2.45) is 0 Å². The van der Waals surface area contributed by atoms with Crippen LogP contribution in [0.5, 0.6) is 0 Å². The SMILES string of the molecule is Cc1ccc(-n2ccnc2SC(C)c2nnnn2-c2ccccc2)c(C)c1. The van der Waals surface area contributed by atoms with Crippen molar-refractivity contribution in [2.75, 3.05) is 0 Å². The van der Waals surface area contributed by atoms with E-state index in [0.29, 0.717) is 0 Å². The Morgan fingerprint density at radius 2 is 1.85 bits per heavy atom. The van der Waals surface area contributed by atoms with Crippen LogP contribution in [0.15, 0.2) is 66.1 Å². The molecule has 0 fully saturated rings. The first-order chi connectivity index (χ1) is 13.1. The molecule has 2 aromatic heterocycles. The van der Waals surface area contributed by atoms with Crippen LogP contribution >= 0.6 is 11.8 Å². The Labute approximate surface area is 162 Å². The Bertz CT molecular complexity index is 1050. The van der Waals surface area contributed by atoms with Crippen molar-refractivity contribution >= 4 is 11.8 Å². The van der Waals surface area contributed by atoms with Crippen LogP contribution in [-0.4, -0.2) is 29.8 Å². The number of para-hydroxylation sites is 1. The quantitative estimate of drug-likeness (QED) is 0.486. The smallest absolute Gasteiger partial charge is 0.173 e. The third kappa shape index (κ3) is 3.50. The number of imidazole rings is 1. The highest BCUT2D eigenvalue weighted by molar-refractivity contribution is 7.99. The molecule has 0 spiro atoms. The fourth-order valence-corrected chi connectivity index (χ4v) is 4.01. The van der Waals surface area contributed by atoms with Crippen LogP contribution < -0.4 is 0 Å². The van der Waals surface area contributed by atoms with Crippen molar-refractivity contribution in [1.82, 2.24) is 29.8 Å². The third-order valence-corrected chi connectivity index (χ3v) is 5.44. The largest absolute Gasteiger partial charge is 0.295 e. The number of thioether (sulfide) groups is 1. The average Bonchev–Trinajstić information content (AvgIpc) is 3.32. The lowest BCUT2D eigenvalue weighted by molar-refractivity contribution is 0.761. The van der Waals surface area contributed by atoms with Crippen molar-refractivity contribution in [2.45, 2.75) is 31.2 Å². The number of aromatic nitrogens is 6. The zero-order chi connectivity index (χ0) is 18.8. The van der Waals surface area contributed by atoms with Gasteiger partial charge in [-0.25, -0.2) is 4.98 Å². The summed E-state index contributed by atoms with van der Waals surface area (Å²) in [6.45, 7) is 6.32. The fraction of sp³-hybridized carbons (Fsp3) is 0.200. The minimum atomic E-state index is 0.0344. The zero-order valence-electron chi connectivity index (χ0n) is 15.4. The number of rotatable bonds is 5. The van der Waals surface area contributed by atoms with Crippen LogP contribution in [0.25, 0.3) is 11.4 Å². The van der Waals surface area contributed by atoms with Crippen LogP contribution in [0.2, 0.25) is 0 Å². The Morgan fingerprint density at radius 1 is 1.04 bits per heavy atom. The molecule has 0 saturated heterocycles. The van der Waals surface area contributed by atoms with E-state index in [2.05, 4.69) is 64.0 Å². The van der Waals surface area contributed by atoms with Gasteiger partial charge in [0.25, 0.3) is 0 Å². The molecule has 0 bridgehead atoms. The van der Waals surface area contributed by atoms with E-state index in [1.807, 2.05) is 42.7 Å². The molecule has 0 aliphatic heterocycles. The second-order valence-electron chi connectivity index (χ2n) is 6.41. The van der Waals surface area contributed by atoms with Gasteiger partial charge in [0.1, 0.15) is 0 Å². The molecule has 0 aliphatic carbocycles. The number of tetrazole rings is 1. The van der Waals surface area contributed by atoms with Gasteiger partial charge in [0.05, 0.1) is 16.6 Å². The summed E-state index contributed by atoms with van der Waals surface area (Å²) in [7, 11) is 0. The minimum absolute atomic E-state index is 0.0344. The third-order valence-electron chi connectivity index (χ3n) is 4.36. The first kappa shape index (κ1) is 17.5. The molecular formula is C20H20N6S. The molecule has 0 amide bonds.